The van der Waals surface area contributed by atoms with Crippen molar-refractivity contribution in [3.8, 4) is 17.2 Å². The lowest BCUT2D eigenvalue weighted by Gasteiger charge is -2.10. The molecule has 1 heterocycles. The van der Waals surface area contributed by atoms with Crippen molar-refractivity contribution in [1.29, 1.82) is 0 Å². The lowest BCUT2D eigenvalue weighted by molar-refractivity contribution is -0.117. The van der Waals surface area contributed by atoms with E-state index in [1.54, 1.807) is 67.8 Å². The van der Waals surface area contributed by atoms with Gasteiger partial charge in [-0.1, -0.05) is 36.4 Å². The Hall–Kier alpha value is -4.59. The maximum absolute atomic E-state index is 12.9. The number of nitrogens with zero attached hydrogens (tertiary/aromatic N) is 1. The van der Waals surface area contributed by atoms with Gasteiger partial charge in [0, 0.05) is 11.1 Å². The summed E-state index contributed by atoms with van der Waals surface area (Å²) in [5, 5.41) is 6.67. The minimum absolute atomic E-state index is 0.0138. The van der Waals surface area contributed by atoms with Crippen molar-refractivity contribution in [2.24, 2.45) is 5.10 Å². The molecule has 0 bridgehead atoms. The fourth-order valence-electron chi connectivity index (χ4n) is 3.11. The van der Waals surface area contributed by atoms with Crippen LogP contribution in [0.1, 0.15) is 21.5 Å². The van der Waals surface area contributed by atoms with Crippen molar-refractivity contribution in [3.63, 3.8) is 0 Å². The Morgan fingerprint density at radius 2 is 1.73 bits per heavy atom. The average Bonchev–Trinajstić information content (AvgIpc) is 3.32. The molecule has 0 spiro atoms. The summed E-state index contributed by atoms with van der Waals surface area (Å²) in [6.45, 7) is 0.137. The van der Waals surface area contributed by atoms with Crippen molar-refractivity contribution in [3.05, 3.63) is 95.2 Å². The average molecular weight is 443 g/mol. The summed E-state index contributed by atoms with van der Waals surface area (Å²) < 4.78 is 16.0. The zero-order valence-electron chi connectivity index (χ0n) is 17.8. The highest BCUT2D eigenvalue weighted by Crippen LogP contribution is 2.33. The van der Waals surface area contributed by atoms with Gasteiger partial charge in [-0.3, -0.25) is 9.59 Å². The first-order valence-electron chi connectivity index (χ1n) is 10.1. The number of hydrazone groups is 1. The van der Waals surface area contributed by atoms with E-state index in [0.29, 0.717) is 33.9 Å². The number of hydrogen-bond acceptors (Lipinski definition) is 6. The predicted molar refractivity (Wildman–Crippen MR) is 123 cm³/mol. The molecule has 0 fully saturated rings. The zero-order chi connectivity index (χ0) is 23.0. The van der Waals surface area contributed by atoms with Gasteiger partial charge in [0.1, 0.15) is 11.4 Å². The van der Waals surface area contributed by atoms with Gasteiger partial charge in [-0.05, 0) is 48.0 Å². The summed E-state index contributed by atoms with van der Waals surface area (Å²) >= 11 is 0. The third-order valence-electron chi connectivity index (χ3n) is 4.75. The van der Waals surface area contributed by atoms with E-state index in [1.165, 1.54) is 12.3 Å². The van der Waals surface area contributed by atoms with Gasteiger partial charge in [-0.25, -0.2) is 5.43 Å². The van der Waals surface area contributed by atoms with Crippen LogP contribution in [0.3, 0.4) is 0 Å². The highest BCUT2D eigenvalue weighted by Gasteiger charge is 2.17. The molecule has 33 heavy (non-hydrogen) atoms. The second-order valence-corrected chi connectivity index (χ2v) is 6.93. The number of amides is 2. The second-order valence-electron chi connectivity index (χ2n) is 6.93. The van der Waals surface area contributed by atoms with E-state index in [-0.39, 0.29) is 12.5 Å². The molecule has 3 aromatic carbocycles. The molecule has 0 radical (unpaired) electrons. The number of fused-ring (bicyclic) bond motifs is 1. The fourth-order valence-corrected chi connectivity index (χ4v) is 3.11. The van der Waals surface area contributed by atoms with Gasteiger partial charge >= 0.3 is 0 Å². The van der Waals surface area contributed by atoms with E-state index in [2.05, 4.69) is 15.8 Å². The maximum Gasteiger partial charge on any atom is 0.287 e. The molecule has 1 aliphatic rings. The van der Waals surface area contributed by atoms with Crippen LogP contribution in [0.2, 0.25) is 0 Å². The van der Waals surface area contributed by atoms with Crippen LogP contribution in [-0.2, 0) is 4.79 Å². The first kappa shape index (κ1) is 21.6. The molecule has 0 saturated heterocycles. The topological polar surface area (TPSA) is 98.2 Å². The molecule has 1 aliphatic heterocycles. The Labute approximate surface area is 190 Å². The van der Waals surface area contributed by atoms with Crippen LogP contribution in [0, 0.1) is 0 Å². The number of hydrogen-bond donors (Lipinski definition) is 2. The van der Waals surface area contributed by atoms with Crippen molar-refractivity contribution >= 4 is 24.1 Å². The first-order valence-corrected chi connectivity index (χ1v) is 10.1. The monoisotopic (exact) mass is 443 g/mol. The Bertz CT molecular complexity index is 1220. The molecule has 0 aromatic heterocycles. The van der Waals surface area contributed by atoms with Gasteiger partial charge in [-0.2, -0.15) is 5.10 Å². The highest BCUT2D eigenvalue weighted by molar-refractivity contribution is 6.05. The van der Waals surface area contributed by atoms with Crippen LogP contribution < -0.4 is 25.0 Å². The van der Waals surface area contributed by atoms with E-state index < -0.39 is 11.8 Å². The smallest absolute Gasteiger partial charge is 0.287 e. The van der Waals surface area contributed by atoms with Crippen LogP contribution in [0.5, 0.6) is 17.2 Å². The van der Waals surface area contributed by atoms with Crippen molar-refractivity contribution < 1.29 is 23.8 Å². The molecule has 0 aliphatic carbocycles. The van der Waals surface area contributed by atoms with Crippen molar-refractivity contribution in [2.45, 2.75) is 0 Å². The van der Waals surface area contributed by atoms with Crippen molar-refractivity contribution in [2.75, 3.05) is 13.9 Å². The first-order chi connectivity index (χ1) is 16.1. The number of methoxy groups -OCH3 is 1. The molecule has 0 saturated carbocycles. The molecule has 166 valence electrons. The summed E-state index contributed by atoms with van der Waals surface area (Å²) in [7, 11) is 1.55. The van der Waals surface area contributed by atoms with E-state index >= 15 is 0 Å². The number of carbonyl (C=O) groups excluding carboxylic acids is 2. The molecule has 8 heteroatoms. The van der Waals surface area contributed by atoms with Crippen LogP contribution >= 0.6 is 0 Å². The number of para-hydroxylation sites is 1. The lowest BCUT2D eigenvalue weighted by atomic mass is 10.1. The molecule has 0 unspecified atom stereocenters. The van der Waals surface area contributed by atoms with Gasteiger partial charge in [-0.15, -0.1) is 0 Å². The zero-order valence-corrected chi connectivity index (χ0v) is 17.8. The minimum Gasteiger partial charge on any atom is -0.496 e. The number of benzene rings is 3. The van der Waals surface area contributed by atoms with Crippen LogP contribution in [0.4, 0.5) is 0 Å². The molecule has 8 nitrogen and oxygen atoms in total. The predicted octanol–water partition coefficient (Wildman–Crippen LogP) is 3.35. The van der Waals surface area contributed by atoms with Crippen LogP contribution in [-0.4, -0.2) is 31.9 Å². The van der Waals surface area contributed by atoms with E-state index in [1.807, 2.05) is 12.1 Å². The van der Waals surface area contributed by atoms with Crippen molar-refractivity contribution in [1.82, 2.24) is 10.7 Å². The lowest BCUT2D eigenvalue weighted by Crippen LogP contribution is -2.32. The summed E-state index contributed by atoms with van der Waals surface area (Å²) in [5.74, 6) is 0.776. The second kappa shape index (κ2) is 10.1. The third-order valence-corrected chi connectivity index (χ3v) is 4.75. The van der Waals surface area contributed by atoms with Crippen LogP contribution in [0.15, 0.2) is 83.6 Å². The summed E-state index contributed by atoms with van der Waals surface area (Å²) in [4.78, 5) is 25.6. The Kier molecular flexibility index (Phi) is 6.65. The minimum atomic E-state index is -0.594. The standard InChI is InChI=1S/C25H21N3O5/c1-31-21-10-6-5-9-19(21)15-26-28-25(30)20(27-24(29)18-7-3-2-4-8-18)13-17-11-12-22-23(14-17)33-16-32-22/h2-15H,16H2,1H3,(H,27,29)(H,28,30)/b20-13+,26-15-. The summed E-state index contributed by atoms with van der Waals surface area (Å²) in [5.41, 5.74) is 4.21. The molecule has 0 atom stereocenters. The van der Waals surface area contributed by atoms with E-state index in [0.717, 1.165) is 0 Å². The Balaban J connectivity index is 1.56. The quantitative estimate of drug-likeness (QED) is 0.332. The van der Waals surface area contributed by atoms with Gasteiger partial charge < -0.3 is 19.5 Å². The largest absolute Gasteiger partial charge is 0.496 e. The SMILES string of the molecule is COc1ccccc1/C=N\NC(=O)/C(=C\c1ccc2c(c1)OCO2)NC(=O)c1ccccc1. The molecule has 2 amide bonds. The maximum atomic E-state index is 12.9. The third kappa shape index (κ3) is 5.37. The number of carbonyl (C=O) groups is 2. The summed E-state index contributed by atoms with van der Waals surface area (Å²) in [6.07, 6.45) is 3.00. The molecule has 3 aromatic rings. The molecular formula is C25H21N3O5. The van der Waals surface area contributed by atoms with Gasteiger partial charge in [0.15, 0.2) is 11.5 Å². The number of nitrogens with one attached hydrogen (secondary N) is 2. The van der Waals surface area contributed by atoms with E-state index in [9.17, 15) is 9.59 Å². The fraction of sp³-hybridized carbons (Fsp3) is 0.0800. The summed E-state index contributed by atoms with van der Waals surface area (Å²) in [6, 6.07) is 21.1. The normalized spacial score (nSPS) is 12.5. The molecule has 2 N–H and O–H groups in total. The Morgan fingerprint density at radius 3 is 2.55 bits per heavy atom. The highest BCUT2D eigenvalue weighted by atomic mass is 16.7. The molecule has 4 rings (SSSR count). The number of ether oxygens (including phenoxy) is 3. The number of rotatable bonds is 7. The van der Waals surface area contributed by atoms with E-state index in [4.69, 9.17) is 14.2 Å². The van der Waals surface area contributed by atoms with Gasteiger partial charge in [0.2, 0.25) is 6.79 Å². The van der Waals surface area contributed by atoms with Crippen LogP contribution in [0.25, 0.3) is 6.08 Å². The Morgan fingerprint density at radius 1 is 0.970 bits per heavy atom. The molecular weight excluding hydrogens is 422 g/mol. The van der Waals surface area contributed by atoms with Gasteiger partial charge in [0.25, 0.3) is 11.8 Å². The van der Waals surface area contributed by atoms with Gasteiger partial charge in [0.05, 0.1) is 13.3 Å².